The van der Waals surface area contributed by atoms with Crippen LogP contribution in [0.5, 0.6) is 0 Å². The van der Waals surface area contributed by atoms with Crippen LogP contribution in [-0.4, -0.2) is 57.6 Å². The van der Waals surface area contributed by atoms with Gasteiger partial charge >= 0.3 is 6.09 Å². The minimum absolute atomic E-state index is 0.110. The Morgan fingerprint density at radius 1 is 1.17 bits per heavy atom. The summed E-state index contributed by atoms with van der Waals surface area (Å²) in [6, 6.07) is 11.9. The van der Waals surface area contributed by atoms with Crippen LogP contribution in [0.2, 0.25) is 0 Å². The van der Waals surface area contributed by atoms with Gasteiger partial charge < -0.3 is 14.6 Å². The fourth-order valence-electron chi connectivity index (χ4n) is 3.42. The summed E-state index contributed by atoms with van der Waals surface area (Å²) in [4.78, 5) is 38.1. The Morgan fingerprint density at radius 2 is 1.87 bits per heavy atom. The van der Waals surface area contributed by atoms with Crippen molar-refractivity contribution in [1.29, 1.82) is 0 Å². The molecule has 3 aromatic rings. The summed E-state index contributed by atoms with van der Waals surface area (Å²) >= 11 is 1.53. The van der Waals surface area contributed by atoms with E-state index in [2.05, 4.69) is 9.88 Å². The zero-order valence-electron chi connectivity index (χ0n) is 17.5. The zero-order valence-corrected chi connectivity index (χ0v) is 18.3. The lowest BCUT2D eigenvalue weighted by Gasteiger charge is -2.35. The first-order valence-corrected chi connectivity index (χ1v) is 10.9. The number of hydrogen-bond donors (Lipinski definition) is 1. The van der Waals surface area contributed by atoms with Crippen molar-refractivity contribution >= 4 is 27.6 Å². The molecule has 0 atom stereocenters. The molecule has 7 nitrogen and oxygen atoms in total. The molecule has 3 heterocycles. The average Bonchev–Trinajstić information content (AvgIpc) is 3.13. The first kappa shape index (κ1) is 20.6. The molecule has 0 radical (unpaired) electrons. The second-order valence-corrected chi connectivity index (χ2v) is 9.48. The lowest BCUT2D eigenvalue weighted by Crippen LogP contribution is -2.49. The highest BCUT2D eigenvalue weighted by Gasteiger charge is 2.26. The smallest absolute Gasteiger partial charge is 0.410 e. The van der Waals surface area contributed by atoms with Crippen LogP contribution < -0.4 is 5.56 Å². The van der Waals surface area contributed by atoms with E-state index in [1.54, 1.807) is 4.90 Å². The van der Waals surface area contributed by atoms with E-state index in [4.69, 9.17) is 9.72 Å². The molecule has 0 saturated carbocycles. The van der Waals surface area contributed by atoms with Gasteiger partial charge in [-0.25, -0.2) is 9.78 Å². The van der Waals surface area contributed by atoms with Gasteiger partial charge in [0.15, 0.2) is 0 Å². The summed E-state index contributed by atoms with van der Waals surface area (Å²) in [7, 11) is 0. The van der Waals surface area contributed by atoms with Crippen molar-refractivity contribution < 1.29 is 9.53 Å². The third kappa shape index (κ3) is 4.71. The number of H-pyrrole nitrogens is 1. The summed E-state index contributed by atoms with van der Waals surface area (Å²) in [6.07, 6.45) is -0.276. The van der Waals surface area contributed by atoms with Crippen molar-refractivity contribution in [3.63, 3.8) is 0 Å². The van der Waals surface area contributed by atoms with Crippen LogP contribution >= 0.6 is 11.3 Å². The number of benzene rings is 1. The molecule has 1 N–H and O–H groups in total. The van der Waals surface area contributed by atoms with Gasteiger partial charge in [0.1, 0.15) is 16.3 Å². The summed E-state index contributed by atoms with van der Waals surface area (Å²) in [5, 5.41) is 0.623. The number of amides is 1. The number of ether oxygens (including phenoxy) is 1. The van der Waals surface area contributed by atoms with Crippen molar-refractivity contribution in [3.8, 4) is 10.4 Å². The monoisotopic (exact) mass is 426 g/mol. The van der Waals surface area contributed by atoms with Gasteiger partial charge in [-0.3, -0.25) is 9.69 Å². The van der Waals surface area contributed by atoms with E-state index in [1.165, 1.54) is 11.3 Å². The number of fused-ring (bicyclic) bond motifs is 1. The Bertz CT molecular complexity index is 1090. The molecule has 8 heteroatoms. The van der Waals surface area contributed by atoms with Crippen molar-refractivity contribution in [2.24, 2.45) is 0 Å². The molecule has 1 aromatic carbocycles. The standard InChI is InChI=1S/C22H26N4O3S/c1-22(2,3)29-21(28)26-11-9-25(10-12-26)14-18-23-19(27)16-13-17(30-20(16)24-18)15-7-5-4-6-8-15/h4-8,13H,9-12,14H2,1-3H3,(H,23,24,27). The lowest BCUT2D eigenvalue weighted by atomic mass is 10.2. The van der Waals surface area contributed by atoms with Crippen molar-refractivity contribution in [2.45, 2.75) is 32.9 Å². The zero-order chi connectivity index (χ0) is 21.3. The summed E-state index contributed by atoms with van der Waals surface area (Å²) in [5.74, 6) is 0.652. The number of aromatic amines is 1. The molecule has 0 unspecified atom stereocenters. The number of thiophene rings is 1. The number of hydrogen-bond acceptors (Lipinski definition) is 6. The largest absolute Gasteiger partial charge is 0.444 e. The quantitative estimate of drug-likeness (QED) is 0.691. The van der Waals surface area contributed by atoms with E-state index in [0.717, 1.165) is 15.3 Å². The van der Waals surface area contributed by atoms with Gasteiger partial charge in [0, 0.05) is 31.1 Å². The average molecular weight is 427 g/mol. The second-order valence-electron chi connectivity index (χ2n) is 8.45. The molecule has 1 amide bonds. The van der Waals surface area contributed by atoms with Crippen LogP contribution in [0.1, 0.15) is 26.6 Å². The Morgan fingerprint density at radius 3 is 2.53 bits per heavy atom. The molecule has 0 aliphatic carbocycles. The van der Waals surface area contributed by atoms with E-state index in [0.29, 0.717) is 43.9 Å². The molecule has 0 spiro atoms. The number of rotatable bonds is 3. The molecule has 1 aliphatic rings. The lowest BCUT2D eigenvalue weighted by molar-refractivity contribution is 0.0137. The van der Waals surface area contributed by atoms with Crippen molar-refractivity contribution in [3.05, 3.63) is 52.6 Å². The van der Waals surface area contributed by atoms with Crippen LogP contribution in [0.4, 0.5) is 4.79 Å². The molecular weight excluding hydrogens is 400 g/mol. The van der Waals surface area contributed by atoms with Gasteiger partial charge in [-0.15, -0.1) is 11.3 Å². The number of piperazine rings is 1. The van der Waals surface area contributed by atoms with Crippen molar-refractivity contribution in [1.82, 2.24) is 19.8 Å². The van der Waals surface area contributed by atoms with E-state index in [-0.39, 0.29) is 11.7 Å². The van der Waals surface area contributed by atoms with Gasteiger partial charge in [0.2, 0.25) is 0 Å². The summed E-state index contributed by atoms with van der Waals surface area (Å²) in [5.41, 5.74) is 0.479. The minimum Gasteiger partial charge on any atom is -0.444 e. The van der Waals surface area contributed by atoms with Gasteiger partial charge in [-0.05, 0) is 32.4 Å². The molecule has 4 rings (SSSR count). The van der Waals surface area contributed by atoms with E-state index >= 15 is 0 Å². The maximum atomic E-state index is 12.6. The van der Waals surface area contributed by atoms with Crippen LogP contribution in [-0.2, 0) is 11.3 Å². The SMILES string of the molecule is CC(C)(C)OC(=O)N1CCN(Cc2nc3sc(-c4ccccc4)cc3c(=O)[nH]2)CC1. The van der Waals surface area contributed by atoms with Crippen molar-refractivity contribution in [2.75, 3.05) is 26.2 Å². The van der Waals surface area contributed by atoms with Crippen LogP contribution in [0, 0.1) is 0 Å². The molecule has 158 valence electrons. The molecule has 1 aliphatic heterocycles. The third-order valence-corrected chi connectivity index (χ3v) is 5.99. The number of nitrogens with zero attached hydrogens (tertiary/aromatic N) is 3. The summed E-state index contributed by atoms with van der Waals surface area (Å²) in [6.45, 7) is 8.76. The predicted octanol–water partition coefficient (Wildman–Crippen LogP) is 3.70. The minimum atomic E-state index is -0.494. The van der Waals surface area contributed by atoms with Gasteiger partial charge in [-0.2, -0.15) is 0 Å². The van der Waals surface area contributed by atoms with Gasteiger partial charge in [0.25, 0.3) is 5.56 Å². The van der Waals surface area contributed by atoms with E-state index in [9.17, 15) is 9.59 Å². The molecule has 1 fully saturated rings. The number of carbonyl (C=O) groups is 1. The van der Waals surface area contributed by atoms with E-state index < -0.39 is 5.60 Å². The Balaban J connectivity index is 1.44. The van der Waals surface area contributed by atoms with Gasteiger partial charge in [-0.1, -0.05) is 30.3 Å². The van der Waals surface area contributed by atoms with E-state index in [1.807, 2.05) is 57.2 Å². The number of nitrogens with one attached hydrogen (secondary N) is 1. The summed E-state index contributed by atoms with van der Waals surface area (Å²) < 4.78 is 5.44. The molecule has 1 saturated heterocycles. The predicted molar refractivity (Wildman–Crippen MR) is 119 cm³/mol. The highest BCUT2D eigenvalue weighted by atomic mass is 32.1. The fourth-order valence-corrected chi connectivity index (χ4v) is 4.48. The normalized spacial score (nSPS) is 15.5. The highest BCUT2D eigenvalue weighted by molar-refractivity contribution is 7.21. The Hall–Kier alpha value is -2.71. The maximum absolute atomic E-state index is 12.6. The fraction of sp³-hybridized carbons (Fsp3) is 0.409. The third-order valence-electron chi connectivity index (χ3n) is 4.91. The Labute approximate surface area is 179 Å². The van der Waals surface area contributed by atoms with Crippen LogP contribution in [0.25, 0.3) is 20.7 Å². The van der Waals surface area contributed by atoms with Crippen LogP contribution in [0.3, 0.4) is 0 Å². The number of aromatic nitrogens is 2. The molecule has 30 heavy (non-hydrogen) atoms. The van der Waals surface area contributed by atoms with Crippen LogP contribution in [0.15, 0.2) is 41.2 Å². The second kappa shape index (κ2) is 8.20. The van der Waals surface area contributed by atoms with Gasteiger partial charge in [0.05, 0.1) is 11.9 Å². The first-order chi connectivity index (χ1) is 14.3. The maximum Gasteiger partial charge on any atom is 0.410 e. The first-order valence-electron chi connectivity index (χ1n) is 10.1. The number of carbonyl (C=O) groups excluding carboxylic acids is 1. The molecular formula is C22H26N4O3S. The molecule has 0 bridgehead atoms. The highest BCUT2D eigenvalue weighted by Crippen LogP contribution is 2.30. The molecule has 2 aromatic heterocycles. The Kier molecular flexibility index (Phi) is 5.62. The topological polar surface area (TPSA) is 78.5 Å².